The Bertz CT molecular complexity index is 1390. The number of hydrogen-bond donors (Lipinski definition) is 0. The number of hydrogen-bond acceptors (Lipinski definition) is 1. The van der Waals surface area contributed by atoms with Crippen molar-refractivity contribution in [3.05, 3.63) is 150 Å². The lowest BCUT2D eigenvalue weighted by Gasteiger charge is -2.10. The first-order valence-electron chi connectivity index (χ1n) is 12.5. The van der Waals surface area contributed by atoms with Crippen molar-refractivity contribution in [3.63, 3.8) is 0 Å². The van der Waals surface area contributed by atoms with Crippen LogP contribution >= 0.6 is 0 Å². The number of rotatable bonds is 5. The molecule has 0 saturated heterocycles. The summed E-state index contributed by atoms with van der Waals surface area (Å²) >= 11 is 0. The third-order valence-electron chi connectivity index (χ3n) is 6.39. The second kappa shape index (κ2) is 11.4. The van der Waals surface area contributed by atoms with E-state index in [0.29, 0.717) is 6.61 Å². The van der Waals surface area contributed by atoms with Gasteiger partial charge < -0.3 is 4.74 Å². The first-order valence-corrected chi connectivity index (χ1v) is 12.5. The third-order valence-corrected chi connectivity index (χ3v) is 6.39. The molecule has 0 bridgehead atoms. The Morgan fingerprint density at radius 1 is 0.556 bits per heavy atom. The van der Waals surface area contributed by atoms with E-state index < -0.39 is 0 Å². The minimum Gasteiger partial charge on any atom is -0.494 e. The molecule has 36 heavy (non-hydrogen) atoms. The molecule has 0 aromatic heterocycles. The standard InChI is InChI=1S/C21H18O.C14H12/c1-2-22-17-12-10-15(11-13-17)18-8-5-9-20-19-7-4-3-6-16(19)14-21(18)20;1-3-7-13(8-4-1)11-12-14-9-5-2-6-10-14/h3-13H,2,14H2,1H3;1-12H. The van der Waals surface area contributed by atoms with Crippen LogP contribution in [0.5, 0.6) is 5.75 Å². The average Bonchev–Trinajstić information content (AvgIpc) is 3.33. The molecule has 1 aliphatic carbocycles. The van der Waals surface area contributed by atoms with E-state index in [1.807, 2.05) is 43.3 Å². The molecular formula is C35H30O. The minimum atomic E-state index is 0.704. The fraction of sp³-hybridized carbons (Fsp3) is 0.0857. The molecule has 5 aromatic carbocycles. The SMILES string of the molecule is C(=Cc1ccccc1)c1ccccc1.CCOc1ccc(-c2cccc3c2Cc2ccccc2-3)cc1. The predicted octanol–water partition coefficient (Wildman–Crippen LogP) is 9.18. The monoisotopic (exact) mass is 466 g/mol. The van der Waals surface area contributed by atoms with Crippen molar-refractivity contribution in [2.24, 2.45) is 0 Å². The summed E-state index contributed by atoms with van der Waals surface area (Å²) in [6.07, 6.45) is 5.26. The molecule has 0 amide bonds. The molecule has 0 fully saturated rings. The summed E-state index contributed by atoms with van der Waals surface area (Å²) in [4.78, 5) is 0. The maximum absolute atomic E-state index is 5.54. The molecule has 0 saturated carbocycles. The Kier molecular flexibility index (Phi) is 7.39. The number of ether oxygens (including phenoxy) is 1. The van der Waals surface area contributed by atoms with Gasteiger partial charge in [0, 0.05) is 0 Å². The molecule has 0 radical (unpaired) electrons. The minimum absolute atomic E-state index is 0.704. The zero-order chi connectivity index (χ0) is 24.6. The van der Waals surface area contributed by atoms with Crippen LogP contribution in [0.3, 0.4) is 0 Å². The lowest BCUT2D eigenvalue weighted by atomic mass is 9.96. The summed E-state index contributed by atoms with van der Waals surface area (Å²) < 4.78 is 5.54. The van der Waals surface area contributed by atoms with Crippen molar-refractivity contribution >= 4 is 12.2 Å². The Balaban J connectivity index is 0.000000165. The largest absolute Gasteiger partial charge is 0.494 e. The van der Waals surface area contributed by atoms with Gasteiger partial charge in [0.15, 0.2) is 0 Å². The summed E-state index contributed by atoms with van der Waals surface area (Å²) in [5.41, 5.74) is 10.7. The molecule has 0 spiro atoms. The molecule has 0 unspecified atom stereocenters. The lowest BCUT2D eigenvalue weighted by molar-refractivity contribution is 0.340. The van der Waals surface area contributed by atoms with Crippen LogP contribution in [0.25, 0.3) is 34.4 Å². The van der Waals surface area contributed by atoms with Crippen LogP contribution in [0.15, 0.2) is 127 Å². The van der Waals surface area contributed by atoms with Gasteiger partial charge in [-0.15, -0.1) is 0 Å². The van der Waals surface area contributed by atoms with Crippen molar-refractivity contribution in [2.45, 2.75) is 13.3 Å². The molecule has 0 atom stereocenters. The van der Waals surface area contributed by atoms with Crippen LogP contribution < -0.4 is 4.74 Å². The molecule has 0 heterocycles. The van der Waals surface area contributed by atoms with Crippen LogP contribution in [0, 0.1) is 0 Å². The van der Waals surface area contributed by atoms with Gasteiger partial charge in [-0.2, -0.15) is 0 Å². The number of fused-ring (bicyclic) bond motifs is 3. The Labute approximate surface area is 214 Å². The van der Waals surface area contributed by atoms with Gasteiger partial charge in [0.1, 0.15) is 5.75 Å². The predicted molar refractivity (Wildman–Crippen MR) is 153 cm³/mol. The third kappa shape index (κ3) is 5.47. The molecule has 1 aliphatic rings. The van der Waals surface area contributed by atoms with Gasteiger partial charge in [-0.25, -0.2) is 0 Å². The van der Waals surface area contributed by atoms with Gasteiger partial charge in [0.05, 0.1) is 6.61 Å². The highest BCUT2D eigenvalue weighted by atomic mass is 16.5. The molecule has 1 nitrogen and oxygen atoms in total. The molecule has 0 N–H and O–H groups in total. The van der Waals surface area contributed by atoms with E-state index in [9.17, 15) is 0 Å². The van der Waals surface area contributed by atoms with E-state index in [4.69, 9.17) is 4.74 Å². The first kappa shape index (κ1) is 23.4. The fourth-order valence-electron chi connectivity index (χ4n) is 4.65. The van der Waals surface area contributed by atoms with Crippen molar-refractivity contribution in [2.75, 3.05) is 6.61 Å². The molecule has 0 aliphatic heterocycles. The van der Waals surface area contributed by atoms with E-state index in [0.717, 1.165) is 12.2 Å². The van der Waals surface area contributed by atoms with Crippen molar-refractivity contribution in [3.8, 4) is 28.0 Å². The molecule has 6 rings (SSSR count). The average molecular weight is 467 g/mol. The summed E-state index contributed by atoms with van der Waals surface area (Å²) in [6.45, 7) is 2.71. The normalized spacial score (nSPS) is 11.4. The summed E-state index contributed by atoms with van der Waals surface area (Å²) in [6, 6.07) is 44.4. The lowest BCUT2D eigenvalue weighted by Crippen LogP contribution is -1.91. The van der Waals surface area contributed by atoms with Gasteiger partial charge in [0.25, 0.3) is 0 Å². The summed E-state index contributed by atoms with van der Waals surface area (Å²) in [5.74, 6) is 0.933. The van der Waals surface area contributed by atoms with Crippen molar-refractivity contribution in [1.82, 2.24) is 0 Å². The second-order valence-corrected chi connectivity index (χ2v) is 8.78. The van der Waals surface area contributed by atoms with E-state index in [1.54, 1.807) is 0 Å². The first-order chi connectivity index (χ1) is 17.8. The van der Waals surface area contributed by atoms with Gasteiger partial charge in [-0.05, 0) is 70.0 Å². The van der Waals surface area contributed by atoms with Gasteiger partial charge >= 0.3 is 0 Å². The Morgan fingerprint density at radius 3 is 1.75 bits per heavy atom. The summed E-state index contributed by atoms with van der Waals surface area (Å²) in [5, 5.41) is 0. The van der Waals surface area contributed by atoms with Crippen LogP contribution in [0.2, 0.25) is 0 Å². The van der Waals surface area contributed by atoms with Crippen molar-refractivity contribution < 1.29 is 4.74 Å². The molecular weight excluding hydrogens is 436 g/mol. The van der Waals surface area contributed by atoms with Crippen molar-refractivity contribution in [1.29, 1.82) is 0 Å². The molecule has 1 heteroatoms. The quantitative estimate of drug-likeness (QED) is 0.230. The van der Waals surface area contributed by atoms with Crippen LogP contribution in [0.4, 0.5) is 0 Å². The Morgan fingerprint density at radius 2 is 1.11 bits per heavy atom. The van der Waals surface area contributed by atoms with Gasteiger partial charge in [-0.1, -0.05) is 127 Å². The highest BCUT2D eigenvalue weighted by molar-refractivity contribution is 5.84. The fourth-order valence-corrected chi connectivity index (χ4v) is 4.65. The van der Waals surface area contributed by atoms with E-state index >= 15 is 0 Å². The van der Waals surface area contributed by atoms with E-state index in [2.05, 4.69) is 103 Å². The molecule has 5 aromatic rings. The Hall–Kier alpha value is -4.36. The molecule has 176 valence electrons. The van der Waals surface area contributed by atoms with E-state index in [-0.39, 0.29) is 0 Å². The second-order valence-electron chi connectivity index (χ2n) is 8.78. The zero-order valence-corrected chi connectivity index (χ0v) is 20.6. The van der Waals surface area contributed by atoms with Crippen LogP contribution in [-0.2, 0) is 6.42 Å². The zero-order valence-electron chi connectivity index (χ0n) is 20.6. The van der Waals surface area contributed by atoms with Gasteiger partial charge in [-0.3, -0.25) is 0 Å². The number of benzene rings is 5. The maximum Gasteiger partial charge on any atom is 0.119 e. The van der Waals surface area contributed by atoms with Crippen LogP contribution in [-0.4, -0.2) is 6.61 Å². The smallest absolute Gasteiger partial charge is 0.119 e. The highest BCUT2D eigenvalue weighted by Crippen LogP contribution is 2.41. The van der Waals surface area contributed by atoms with Crippen LogP contribution in [0.1, 0.15) is 29.2 Å². The highest BCUT2D eigenvalue weighted by Gasteiger charge is 2.20. The van der Waals surface area contributed by atoms with Gasteiger partial charge in [0.2, 0.25) is 0 Å². The van der Waals surface area contributed by atoms with E-state index in [1.165, 1.54) is 44.5 Å². The topological polar surface area (TPSA) is 9.23 Å². The maximum atomic E-state index is 5.54. The summed E-state index contributed by atoms with van der Waals surface area (Å²) in [7, 11) is 0.